The van der Waals surface area contributed by atoms with Crippen molar-refractivity contribution < 1.29 is 31.7 Å². The molecule has 9 heteroatoms. The first-order valence-electron chi connectivity index (χ1n) is 10.1. The average Bonchev–Trinajstić information content (AvgIpc) is 2.92. The lowest BCUT2D eigenvalue weighted by atomic mass is 9.87. The van der Waals surface area contributed by atoms with Crippen LogP contribution in [0.15, 0.2) is 0 Å². The van der Waals surface area contributed by atoms with Crippen LogP contribution in [-0.4, -0.2) is 62.5 Å². The van der Waals surface area contributed by atoms with Crippen LogP contribution in [0.5, 0.6) is 0 Å². The number of hydrogen-bond acceptors (Lipinski definition) is 7. The fourth-order valence-electron chi connectivity index (χ4n) is 3.35. The number of rotatable bonds is 8. The van der Waals surface area contributed by atoms with Gasteiger partial charge in [-0.3, -0.25) is 8.98 Å². The summed E-state index contributed by atoms with van der Waals surface area (Å²) in [6.07, 6.45) is 3.61. The lowest BCUT2D eigenvalue weighted by molar-refractivity contribution is -0.153. The van der Waals surface area contributed by atoms with Gasteiger partial charge in [0.15, 0.2) is 0 Å². The summed E-state index contributed by atoms with van der Waals surface area (Å²) in [6.45, 7) is 11.6. The first kappa shape index (κ1) is 25.7. The number of amides is 1. The molecule has 170 valence electrons. The second-order valence-corrected chi connectivity index (χ2v) is 11.4. The number of ether oxygens (including phenoxy) is 2. The molecule has 8 nitrogen and oxygen atoms in total. The van der Waals surface area contributed by atoms with Crippen molar-refractivity contribution in [3.8, 4) is 0 Å². The number of hydrogen-bond donors (Lipinski definition) is 0. The van der Waals surface area contributed by atoms with E-state index in [1.807, 2.05) is 20.8 Å². The summed E-state index contributed by atoms with van der Waals surface area (Å²) >= 11 is 0. The lowest BCUT2D eigenvalue weighted by Gasteiger charge is -2.39. The maximum Gasteiger partial charge on any atom is 0.410 e. The van der Waals surface area contributed by atoms with E-state index in [0.29, 0.717) is 25.8 Å². The molecule has 0 aromatic carbocycles. The van der Waals surface area contributed by atoms with E-state index in [1.165, 1.54) is 0 Å². The van der Waals surface area contributed by atoms with Gasteiger partial charge in [0.05, 0.1) is 24.9 Å². The van der Waals surface area contributed by atoms with Gasteiger partial charge in [0.1, 0.15) is 5.60 Å². The van der Waals surface area contributed by atoms with Crippen molar-refractivity contribution in [2.24, 2.45) is 5.41 Å². The summed E-state index contributed by atoms with van der Waals surface area (Å²) in [4.78, 5) is 26.6. The Balaban J connectivity index is 2.88. The standard InChI is InChI=1S/C20H37NO7S/c1-18(2,3)16(22)26-15-12-20(11-9-14-27-29(7,24)25)10-8-13-21(20)17(23)28-19(4,5)6/h8-15H2,1-7H3/t20-/m0/s1. The monoisotopic (exact) mass is 435 g/mol. The summed E-state index contributed by atoms with van der Waals surface area (Å²) in [7, 11) is -3.51. The second-order valence-electron chi connectivity index (χ2n) is 9.73. The summed E-state index contributed by atoms with van der Waals surface area (Å²) in [5.74, 6) is -0.296. The molecule has 0 aliphatic carbocycles. The Morgan fingerprint density at radius 3 is 2.17 bits per heavy atom. The van der Waals surface area contributed by atoms with E-state index >= 15 is 0 Å². The summed E-state index contributed by atoms with van der Waals surface area (Å²) in [6, 6.07) is 0. The third kappa shape index (κ3) is 8.90. The SMILES string of the molecule is CC(C)(C)OC(=O)N1CCC[C@]1(CCCOS(C)(=O)=O)CCOC(=O)C(C)(C)C. The van der Waals surface area contributed by atoms with Crippen LogP contribution in [0.4, 0.5) is 4.79 Å². The van der Waals surface area contributed by atoms with Crippen molar-refractivity contribution in [1.82, 2.24) is 4.90 Å². The summed E-state index contributed by atoms with van der Waals surface area (Å²) < 4.78 is 38.3. The van der Waals surface area contributed by atoms with Crippen LogP contribution in [0.3, 0.4) is 0 Å². The highest BCUT2D eigenvalue weighted by molar-refractivity contribution is 7.85. The molecule has 1 fully saturated rings. The molecule has 1 atom stereocenters. The molecular formula is C20H37NO7S. The van der Waals surface area contributed by atoms with Gasteiger partial charge < -0.3 is 14.4 Å². The molecule has 0 unspecified atom stereocenters. The Bertz CT molecular complexity index is 676. The molecule has 0 spiro atoms. The predicted molar refractivity (Wildman–Crippen MR) is 110 cm³/mol. The summed E-state index contributed by atoms with van der Waals surface area (Å²) in [5, 5.41) is 0. The fraction of sp³-hybridized carbons (Fsp3) is 0.900. The Kier molecular flexibility index (Phi) is 8.54. The van der Waals surface area contributed by atoms with Crippen molar-refractivity contribution in [3.05, 3.63) is 0 Å². The highest BCUT2D eigenvalue weighted by Crippen LogP contribution is 2.38. The minimum Gasteiger partial charge on any atom is -0.465 e. The first-order chi connectivity index (χ1) is 13.1. The molecule has 0 saturated carbocycles. The molecular weight excluding hydrogens is 398 g/mol. The van der Waals surface area contributed by atoms with Crippen LogP contribution in [0.25, 0.3) is 0 Å². The maximum atomic E-state index is 12.8. The smallest absolute Gasteiger partial charge is 0.410 e. The zero-order valence-electron chi connectivity index (χ0n) is 18.9. The number of carbonyl (C=O) groups excluding carboxylic acids is 2. The van der Waals surface area contributed by atoms with Crippen molar-refractivity contribution >= 4 is 22.2 Å². The topological polar surface area (TPSA) is 99.2 Å². The van der Waals surface area contributed by atoms with Gasteiger partial charge in [0, 0.05) is 18.5 Å². The Labute approximate surface area is 175 Å². The molecule has 0 aromatic rings. The fourth-order valence-corrected chi connectivity index (χ4v) is 3.77. The minimum atomic E-state index is -3.51. The van der Waals surface area contributed by atoms with Crippen molar-refractivity contribution in [2.75, 3.05) is 26.0 Å². The van der Waals surface area contributed by atoms with Gasteiger partial charge in [0.25, 0.3) is 10.1 Å². The van der Waals surface area contributed by atoms with E-state index in [4.69, 9.17) is 13.7 Å². The van der Waals surface area contributed by atoms with E-state index in [1.54, 1.807) is 25.7 Å². The van der Waals surface area contributed by atoms with Crippen molar-refractivity contribution in [1.29, 1.82) is 0 Å². The molecule has 1 aliphatic rings. The Morgan fingerprint density at radius 2 is 1.66 bits per heavy atom. The molecule has 29 heavy (non-hydrogen) atoms. The molecule has 0 radical (unpaired) electrons. The second kappa shape index (κ2) is 9.64. The highest BCUT2D eigenvalue weighted by atomic mass is 32.2. The zero-order valence-corrected chi connectivity index (χ0v) is 19.7. The third-order valence-electron chi connectivity index (χ3n) is 4.71. The van der Waals surface area contributed by atoms with Crippen molar-refractivity contribution in [3.63, 3.8) is 0 Å². The normalized spacial score (nSPS) is 20.6. The van der Waals surface area contributed by atoms with E-state index in [9.17, 15) is 18.0 Å². The highest BCUT2D eigenvalue weighted by Gasteiger charge is 2.45. The third-order valence-corrected chi connectivity index (χ3v) is 5.30. The van der Waals surface area contributed by atoms with Crippen LogP contribution in [0, 0.1) is 5.41 Å². The molecule has 1 rings (SSSR count). The van der Waals surface area contributed by atoms with Crippen LogP contribution in [0.1, 0.15) is 73.6 Å². The average molecular weight is 436 g/mol. The van der Waals surface area contributed by atoms with Gasteiger partial charge in [0.2, 0.25) is 0 Å². The van der Waals surface area contributed by atoms with Crippen LogP contribution in [0.2, 0.25) is 0 Å². The number of esters is 1. The number of likely N-dealkylation sites (tertiary alicyclic amines) is 1. The van der Waals surface area contributed by atoms with Gasteiger partial charge in [-0.2, -0.15) is 8.42 Å². The van der Waals surface area contributed by atoms with E-state index in [2.05, 4.69) is 0 Å². The Hall–Kier alpha value is -1.35. The predicted octanol–water partition coefficient (Wildman–Crippen LogP) is 3.49. The zero-order chi connectivity index (χ0) is 22.5. The molecule has 1 amide bonds. The Morgan fingerprint density at radius 1 is 1.03 bits per heavy atom. The lowest BCUT2D eigenvalue weighted by Crippen LogP contribution is -2.50. The van der Waals surface area contributed by atoms with Crippen LogP contribution in [-0.2, 0) is 28.6 Å². The largest absolute Gasteiger partial charge is 0.465 e. The number of carbonyl (C=O) groups is 2. The van der Waals surface area contributed by atoms with Crippen molar-refractivity contribution in [2.45, 2.75) is 84.8 Å². The molecule has 1 heterocycles. The van der Waals surface area contributed by atoms with Gasteiger partial charge in [-0.15, -0.1) is 0 Å². The van der Waals surface area contributed by atoms with E-state index in [0.717, 1.165) is 19.1 Å². The molecule has 0 aromatic heterocycles. The van der Waals surface area contributed by atoms with Gasteiger partial charge in [-0.25, -0.2) is 4.79 Å². The van der Waals surface area contributed by atoms with E-state index < -0.39 is 32.8 Å². The maximum absolute atomic E-state index is 12.8. The van der Waals surface area contributed by atoms with E-state index in [-0.39, 0.29) is 19.2 Å². The molecule has 1 aliphatic heterocycles. The minimum absolute atomic E-state index is 0.0462. The molecule has 0 N–H and O–H groups in total. The molecule has 1 saturated heterocycles. The quantitative estimate of drug-likeness (QED) is 0.327. The first-order valence-corrected chi connectivity index (χ1v) is 11.9. The van der Waals surface area contributed by atoms with Crippen LogP contribution < -0.4 is 0 Å². The van der Waals surface area contributed by atoms with Crippen LogP contribution >= 0.6 is 0 Å². The molecule has 0 bridgehead atoms. The van der Waals surface area contributed by atoms with Gasteiger partial charge in [-0.1, -0.05) is 0 Å². The number of nitrogens with zero attached hydrogens (tertiary/aromatic N) is 1. The summed E-state index contributed by atoms with van der Waals surface area (Å²) in [5.41, 5.74) is -1.78. The van der Waals surface area contributed by atoms with Gasteiger partial charge in [-0.05, 0) is 67.2 Å². The van der Waals surface area contributed by atoms with Gasteiger partial charge >= 0.3 is 12.1 Å².